The zero-order valence-electron chi connectivity index (χ0n) is 11.5. The summed E-state index contributed by atoms with van der Waals surface area (Å²) in [6.45, 7) is 4.43. The molecule has 0 aromatic carbocycles. The summed E-state index contributed by atoms with van der Waals surface area (Å²) in [7, 11) is 0. The third kappa shape index (κ3) is 9.01. The highest BCUT2D eigenvalue weighted by molar-refractivity contribution is 5.84. The van der Waals surface area contributed by atoms with E-state index in [0.29, 0.717) is 31.7 Å². The van der Waals surface area contributed by atoms with Gasteiger partial charge in [-0.15, -0.1) is 0 Å². The number of hydrogen-bond acceptors (Lipinski definition) is 4. The molecular formula is C12H24N5O2. The van der Waals surface area contributed by atoms with Crippen molar-refractivity contribution in [3.05, 3.63) is 0 Å². The molecule has 0 aromatic heterocycles. The fourth-order valence-corrected chi connectivity index (χ4v) is 1.58. The molecular weight excluding hydrogens is 246 g/mol. The van der Waals surface area contributed by atoms with E-state index in [1.54, 1.807) is 6.29 Å². The van der Waals surface area contributed by atoms with Crippen molar-refractivity contribution in [2.75, 3.05) is 6.54 Å². The van der Waals surface area contributed by atoms with E-state index < -0.39 is 12.1 Å². The predicted octanol–water partition coefficient (Wildman–Crippen LogP) is -0.782. The van der Waals surface area contributed by atoms with E-state index in [4.69, 9.17) is 16.9 Å². The molecule has 0 bridgehead atoms. The summed E-state index contributed by atoms with van der Waals surface area (Å²) in [5.41, 5.74) is 10.8. The Morgan fingerprint density at radius 1 is 1.42 bits per heavy atom. The van der Waals surface area contributed by atoms with Gasteiger partial charge in [0.05, 0.1) is 12.1 Å². The van der Waals surface area contributed by atoms with Crippen LogP contribution in [0.4, 0.5) is 0 Å². The molecule has 0 unspecified atom stereocenters. The zero-order valence-corrected chi connectivity index (χ0v) is 11.5. The summed E-state index contributed by atoms with van der Waals surface area (Å²) in [5.74, 6) is -0.129. The largest absolute Gasteiger partial charge is 0.370 e. The van der Waals surface area contributed by atoms with Crippen LogP contribution >= 0.6 is 0 Å². The standard InChI is InChI=1S/C12H24N5O2/c1-8(2)6-10(13)11(19)17-9(7-18)4-3-5-16-12(14)15/h8-10H,3-6,13H2,1-2H3,(H,17,19)(H4,14,15,16)/t9-,10-/m0/s1. The van der Waals surface area contributed by atoms with Crippen LogP contribution in [0.1, 0.15) is 33.1 Å². The maximum atomic E-state index is 11.7. The first-order valence-corrected chi connectivity index (χ1v) is 6.38. The predicted molar refractivity (Wildman–Crippen MR) is 74.2 cm³/mol. The second kappa shape index (κ2) is 9.32. The minimum atomic E-state index is -0.667. The van der Waals surface area contributed by atoms with Gasteiger partial charge >= 0.3 is 0 Å². The smallest absolute Gasteiger partial charge is 0.237 e. The van der Waals surface area contributed by atoms with Gasteiger partial charge in [-0.25, -0.2) is 0 Å². The molecule has 7 nitrogen and oxygen atoms in total. The van der Waals surface area contributed by atoms with E-state index in [1.807, 2.05) is 13.8 Å². The zero-order chi connectivity index (χ0) is 14.8. The fraction of sp³-hybridized carbons (Fsp3) is 0.750. The molecule has 19 heavy (non-hydrogen) atoms. The summed E-state index contributed by atoms with van der Waals surface area (Å²) < 4.78 is 0. The Morgan fingerprint density at radius 2 is 2.05 bits per heavy atom. The molecule has 0 aliphatic heterocycles. The van der Waals surface area contributed by atoms with E-state index in [2.05, 4.69) is 10.6 Å². The normalized spacial score (nSPS) is 13.7. The number of rotatable bonds is 9. The summed E-state index contributed by atoms with van der Waals surface area (Å²) in [4.78, 5) is 22.4. The highest BCUT2D eigenvalue weighted by Crippen LogP contribution is 2.03. The summed E-state index contributed by atoms with van der Waals surface area (Å²) in [6, 6.07) is -1.27. The SMILES string of the molecule is CC(C)C[C@H](N)C(=O)N[C@H]([C]=O)CCCNC(=N)N. The van der Waals surface area contributed by atoms with E-state index in [9.17, 15) is 9.59 Å². The first-order chi connectivity index (χ1) is 8.86. The van der Waals surface area contributed by atoms with Gasteiger partial charge in [0.2, 0.25) is 12.2 Å². The lowest BCUT2D eigenvalue weighted by Gasteiger charge is -2.17. The minimum Gasteiger partial charge on any atom is -0.370 e. The minimum absolute atomic E-state index is 0.116. The molecule has 1 amide bonds. The van der Waals surface area contributed by atoms with Crippen LogP contribution < -0.4 is 22.1 Å². The van der Waals surface area contributed by atoms with Gasteiger partial charge in [0, 0.05) is 6.54 Å². The molecule has 0 heterocycles. The topological polar surface area (TPSA) is 134 Å². The number of carbonyl (C=O) groups excluding carboxylic acids is 2. The number of guanidine groups is 1. The fourth-order valence-electron chi connectivity index (χ4n) is 1.58. The molecule has 0 spiro atoms. The van der Waals surface area contributed by atoms with Crippen LogP contribution in [0.2, 0.25) is 0 Å². The molecule has 109 valence electrons. The lowest BCUT2D eigenvalue weighted by atomic mass is 10.0. The Bertz CT molecular complexity index is 306. The Hall–Kier alpha value is -1.63. The lowest BCUT2D eigenvalue weighted by Crippen LogP contribution is -2.46. The van der Waals surface area contributed by atoms with Crippen LogP contribution in [0.15, 0.2) is 0 Å². The van der Waals surface area contributed by atoms with Crippen molar-refractivity contribution in [2.45, 2.75) is 45.2 Å². The van der Waals surface area contributed by atoms with Crippen molar-refractivity contribution in [1.29, 1.82) is 5.41 Å². The highest BCUT2D eigenvalue weighted by atomic mass is 16.2. The molecule has 2 atom stereocenters. The number of nitrogens with one attached hydrogen (secondary N) is 3. The van der Waals surface area contributed by atoms with Gasteiger partial charge in [-0.05, 0) is 25.2 Å². The monoisotopic (exact) mass is 270 g/mol. The van der Waals surface area contributed by atoms with Gasteiger partial charge in [-0.1, -0.05) is 13.8 Å². The first-order valence-electron chi connectivity index (χ1n) is 6.38. The molecule has 0 rings (SSSR count). The van der Waals surface area contributed by atoms with E-state index in [1.165, 1.54) is 0 Å². The first kappa shape index (κ1) is 17.4. The Labute approximate surface area is 114 Å². The summed E-state index contributed by atoms with van der Waals surface area (Å²) in [6.07, 6.45) is 3.38. The van der Waals surface area contributed by atoms with E-state index >= 15 is 0 Å². The quantitative estimate of drug-likeness (QED) is 0.213. The molecule has 1 radical (unpaired) electrons. The highest BCUT2D eigenvalue weighted by Gasteiger charge is 2.18. The molecule has 0 saturated carbocycles. The second-order valence-electron chi connectivity index (χ2n) is 4.90. The van der Waals surface area contributed by atoms with Gasteiger partial charge in [-0.3, -0.25) is 15.0 Å². The van der Waals surface area contributed by atoms with Crippen LogP contribution in [-0.2, 0) is 9.59 Å². The van der Waals surface area contributed by atoms with Gasteiger partial charge in [0.25, 0.3) is 0 Å². The number of hydrogen-bond donors (Lipinski definition) is 5. The van der Waals surface area contributed by atoms with Crippen LogP contribution in [-0.4, -0.2) is 36.8 Å². The maximum Gasteiger partial charge on any atom is 0.237 e. The van der Waals surface area contributed by atoms with Crippen LogP contribution in [0.3, 0.4) is 0 Å². The molecule has 0 aliphatic carbocycles. The molecule has 7 heteroatoms. The summed E-state index contributed by atoms with van der Waals surface area (Å²) >= 11 is 0. The van der Waals surface area contributed by atoms with Crippen molar-refractivity contribution >= 4 is 18.2 Å². The van der Waals surface area contributed by atoms with Crippen molar-refractivity contribution < 1.29 is 9.59 Å². The average molecular weight is 270 g/mol. The van der Waals surface area contributed by atoms with Gasteiger partial charge in [0.1, 0.15) is 0 Å². The third-order valence-electron chi connectivity index (χ3n) is 2.51. The second-order valence-corrected chi connectivity index (χ2v) is 4.90. The number of amides is 1. The third-order valence-corrected chi connectivity index (χ3v) is 2.51. The van der Waals surface area contributed by atoms with Crippen molar-refractivity contribution in [3.8, 4) is 0 Å². The number of carbonyl (C=O) groups is 1. The molecule has 0 fully saturated rings. The van der Waals surface area contributed by atoms with Crippen LogP contribution in [0.25, 0.3) is 0 Å². The molecule has 0 aromatic rings. The Balaban J connectivity index is 4.00. The Morgan fingerprint density at radius 3 is 2.53 bits per heavy atom. The Kier molecular flexibility index (Phi) is 8.52. The van der Waals surface area contributed by atoms with Gasteiger partial charge in [0.15, 0.2) is 5.96 Å². The van der Waals surface area contributed by atoms with E-state index in [-0.39, 0.29) is 11.9 Å². The van der Waals surface area contributed by atoms with Gasteiger partial charge in [-0.2, -0.15) is 0 Å². The van der Waals surface area contributed by atoms with Crippen molar-refractivity contribution in [2.24, 2.45) is 17.4 Å². The molecule has 0 saturated heterocycles. The molecule has 7 N–H and O–H groups in total. The maximum absolute atomic E-state index is 11.7. The van der Waals surface area contributed by atoms with Gasteiger partial charge < -0.3 is 22.1 Å². The molecule has 0 aliphatic rings. The lowest BCUT2D eigenvalue weighted by molar-refractivity contribution is -0.123. The van der Waals surface area contributed by atoms with Crippen molar-refractivity contribution in [3.63, 3.8) is 0 Å². The van der Waals surface area contributed by atoms with E-state index in [0.717, 1.165) is 0 Å². The van der Waals surface area contributed by atoms with Crippen molar-refractivity contribution in [1.82, 2.24) is 10.6 Å². The number of nitrogens with two attached hydrogens (primary N) is 2. The average Bonchev–Trinajstić information content (AvgIpc) is 2.31. The van der Waals surface area contributed by atoms with Crippen LogP contribution in [0, 0.1) is 11.3 Å². The summed E-state index contributed by atoms with van der Waals surface area (Å²) in [5, 5.41) is 12.1. The van der Waals surface area contributed by atoms with Crippen LogP contribution in [0.5, 0.6) is 0 Å².